The Morgan fingerprint density at radius 3 is 2.45 bits per heavy atom. The van der Waals surface area contributed by atoms with Crippen LogP contribution in [0.5, 0.6) is 0 Å². The molecule has 2 nitrogen and oxygen atoms in total. The van der Waals surface area contributed by atoms with Gasteiger partial charge in [0.1, 0.15) is 0 Å². The maximum Gasteiger partial charge on any atom is 0.0510 e. The molecule has 1 saturated heterocycles. The van der Waals surface area contributed by atoms with E-state index in [4.69, 9.17) is 5.73 Å². The smallest absolute Gasteiger partial charge is 0.0510 e. The second-order valence-corrected chi connectivity index (χ2v) is 6.78. The molecule has 0 aromatic heterocycles. The van der Waals surface area contributed by atoms with E-state index in [1.165, 1.54) is 42.4 Å². The average molecular weight is 339 g/mol. The largest absolute Gasteiger partial charge is 0.326 e. The van der Waals surface area contributed by atoms with Crippen molar-refractivity contribution in [2.45, 2.75) is 51.6 Å². The average Bonchev–Trinajstić information content (AvgIpc) is 2.50. The molecule has 1 aliphatic rings. The first-order valence-corrected chi connectivity index (χ1v) is 8.70. The predicted molar refractivity (Wildman–Crippen MR) is 89.7 cm³/mol. The molecule has 1 heterocycles. The van der Waals surface area contributed by atoms with Crippen molar-refractivity contribution in [3.63, 3.8) is 0 Å². The number of piperidine rings is 1. The van der Waals surface area contributed by atoms with Crippen molar-refractivity contribution in [2.75, 3.05) is 13.1 Å². The van der Waals surface area contributed by atoms with Crippen LogP contribution < -0.4 is 5.73 Å². The fourth-order valence-corrected chi connectivity index (χ4v) is 3.80. The van der Waals surface area contributed by atoms with E-state index in [0.717, 1.165) is 12.3 Å². The summed E-state index contributed by atoms with van der Waals surface area (Å²) in [6.07, 6.45) is 4.95. The van der Waals surface area contributed by atoms with Crippen LogP contribution in [0.3, 0.4) is 0 Å². The lowest BCUT2D eigenvalue weighted by Gasteiger charge is -2.40. The van der Waals surface area contributed by atoms with Crippen LogP contribution in [-0.4, -0.2) is 24.0 Å². The lowest BCUT2D eigenvalue weighted by molar-refractivity contribution is 0.112. The summed E-state index contributed by atoms with van der Waals surface area (Å²) in [6, 6.07) is 9.08. The summed E-state index contributed by atoms with van der Waals surface area (Å²) >= 11 is 3.70. The van der Waals surface area contributed by atoms with E-state index in [9.17, 15) is 0 Å². The van der Waals surface area contributed by atoms with Gasteiger partial charge >= 0.3 is 0 Å². The molecule has 112 valence electrons. The number of rotatable bonds is 5. The van der Waals surface area contributed by atoms with E-state index in [1.54, 1.807) is 0 Å². The van der Waals surface area contributed by atoms with Crippen molar-refractivity contribution in [3.8, 4) is 0 Å². The second-order valence-electron chi connectivity index (χ2n) is 5.93. The fourth-order valence-electron chi connectivity index (χ4n) is 3.28. The molecule has 0 amide bonds. The van der Waals surface area contributed by atoms with Crippen LogP contribution in [0.4, 0.5) is 0 Å². The molecular weight excluding hydrogens is 312 g/mol. The first-order valence-electron chi connectivity index (χ1n) is 7.91. The van der Waals surface area contributed by atoms with Crippen LogP contribution in [0, 0.1) is 5.92 Å². The predicted octanol–water partition coefficient (Wildman–Crippen LogP) is 4.35. The lowest BCUT2D eigenvalue weighted by atomic mass is 9.90. The zero-order valence-electron chi connectivity index (χ0n) is 12.7. The topological polar surface area (TPSA) is 29.3 Å². The molecular formula is C17H27BrN2. The molecule has 2 atom stereocenters. The van der Waals surface area contributed by atoms with Gasteiger partial charge in [-0.15, -0.1) is 0 Å². The molecule has 0 saturated carbocycles. The highest BCUT2D eigenvalue weighted by atomic mass is 79.9. The highest BCUT2D eigenvalue weighted by Crippen LogP contribution is 2.34. The number of hydrogen-bond acceptors (Lipinski definition) is 2. The number of benzene rings is 1. The van der Waals surface area contributed by atoms with Gasteiger partial charge in [-0.3, -0.25) is 4.90 Å². The summed E-state index contributed by atoms with van der Waals surface area (Å²) in [5, 5.41) is 0. The van der Waals surface area contributed by atoms with E-state index in [2.05, 4.69) is 58.9 Å². The molecule has 2 unspecified atom stereocenters. The highest BCUT2D eigenvalue weighted by Gasteiger charge is 2.30. The molecule has 1 aliphatic heterocycles. The van der Waals surface area contributed by atoms with Crippen LogP contribution in [0.25, 0.3) is 0 Å². The summed E-state index contributed by atoms with van der Waals surface area (Å²) in [5.74, 6) is 0.906. The van der Waals surface area contributed by atoms with Crippen molar-refractivity contribution in [1.29, 1.82) is 0 Å². The van der Waals surface area contributed by atoms with E-state index in [-0.39, 0.29) is 6.04 Å². The molecule has 0 spiro atoms. The summed E-state index contributed by atoms with van der Waals surface area (Å²) in [4.78, 5) is 2.60. The zero-order valence-corrected chi connectivity index (χ0v) is 14.3. The minimum atomic E-state index is 0.201. The summed E-state index contributed by atoms with van der Waals surface area (Å²) in [5.41, 5.74) is 7.80. The third kappa shape index (κ3) is 3.63. The van der Waals surface area contributed by atoms with Crippen molar-refractivity contribution < 1.29 is 0 Å². The molecule has 0 bridgehead atoms. The number of nitrogens with zero attached hydrogens (tertiary/aromatic N) is 1. The van der Waals surface area contributed by atoms with Crippen LogP contribution in [0.2, 0.25) is 0 Å². The minimum Gasteiger partial charge on any atom is -0.326 e. The van der Waals surface area contributed by atoms with Gasteiger partial charge in [0, 0.05) is 10.5 Å². The fraction of sp³-hybridized carbons (Fsp3) is 0.647. The van der Waals surface area contributed by atoms with Gasteiger partial charge in [-0.1, -0.05) is 54.4 Å². The molecule has 0 aliphatic carbocycles. The maximum absolute atomic E-state index is 6.45. The van der Waals surface area contributed by atoms with Gasteiger partial charge in [0.2, 0.25) is 0 Å². The van der Waals surface area contributed by atoms with Gasteiger partial charge in [0.15, 0.2) is 0 Å². The Labute approximate surface area is 131 Å². The van der Waals surface area contributed by atoms with Crippen molar-refractivity contribution in [1.82, 2.24) is 4.90 Å². The molecule has 2 N–H and O–H groups in total. The lowest BCUT2D eigenvalue weighted by Crippen LogP contribution is -2.44. The van der Waals surface area contributed by atoms with Gasteiger partial charge in [0.05, 0.1) is 6.04 Å². The SMILES string of the molecule is CCC1CCN(C(c2ccccc2Br)C(N)CC)CC1. The number of halogens is 1. The highest BCUT2D eigenvalue weighted by molar-refractivity contribution is 9.10. The molecule has 3 heteroatoms. The molecule has 1 fully saturated rings. The normalized spacial score (nSPS) is 20.8. The first kappa shape index (κ1) is 16.0. The molecule has 2 rings (SSSR count). The summed E-state index contributed by atoms with van der Waals surface area (Å²) in [6.45, 7) is 6.85. The van der Waals surface area contributed by atoms with Crippen LogP contribution in [0.1, 0.15) is 51.1 Å². The Morgan fingerprint density at radius 2 is 1.90 bits per heavy atom. The second kappa shape index (κ2) is 7.58. The first-order chi connectivity index (χ1) is 9.67. The monoisotopic (exact) mass is 338 g/mol. The van der Waals surface area contributed by atoms with Gasteiger partial charge in [-0.05, 0) is 49.9 Å². The van der Waals surface area contributed by atoms with Crippen molar-refractivity contribution >= 4 is 15.9 Å². The number of nitrogens with two attached hydrogens (primary N) is 1. The van der Waals surface area contributed by atoms with E-state index < -0.39 is 0 Å². The van der Waals surface area contributed by atoms with Crippen LogP contribution >= 0.6 is 15.9 Å². The van der Waals surface area contributed by atoms with E-state index in [0.29, 0.717) is 6.04 Å². The van der Waals surface area contributed by atoms with E-state index >= 15 is 0 Å². The Kier molecular flexibility index (Phi) is 6.06. The molecule has 20 heavy (non-hydrogen) atoms. The number of likely N-dealkylation sites (tertiary alicyclic amines) is 1. The Bertz CT molecular complexity index is 413. The molecule has 1 aromatic rings. The van der Waals surface area contributed by atoms with Crippen LogP contribution in [0.15, 0.2) is 28.7 Å². The molecule has 0 radical (unpaired) electrons. The standard InChI is InChI=1S/C17H27BrN2/c1-3-13-9-11-20(12-10-13)17(16(19)4-2)14-7-5-6-8-15(14)18/h5-8,13,16-17H,3-4,9-12,19H2,1-2H3. The Hall–Kier alpha value is -0.380. The third-order valence-electron chi connectivity index (χ3n) is 4.72. The Morgan fingerprint density at radius 1 is 1.25 bits per heavy atom. The van der Waals surface area contributed by atoms with Gasteiger partial charge in [-0.25, -0.2) is 0 Å². The minimum absolute atomic E-state index is 0.201. The van der Waals surface area contributed by atoms with Crippen molar-refractivity contribution in [3.05, 3.63) is 34.3 Å². The zero-order chi connectivity index (χ0) is 14.5. The quantitative estimate of drug-likeness (QED) is 0.864. The Balaban J connectivity index is 2.19. The van der Waals surface area contributed by atoms with Gasteiger partial charge < -0.3 is 5.73 Å². The van der Waals surface area contributed by atoms with Gasteiger partial charge in [-0.2, -0.15) is 0 Å². The third-order valence-corrected chi connectivity index (χ3v) is 5.44. The maximum atomic E-state index is 6.45. The molecule has 1 aromatic carbocycles. The van der Waals surface area contributed by atoms with Crippen LogP contribution in [-0.2, 0) is 0 Å². The van der Waals surface area contributed by atoms with E-state index in [1.807, 2.05) is 0 Å². The van der Waals surface area contributed by atoms with Crippen molar-refractivity contribution in [2.24, 2.45) is 11.7 Å². The van der Waals surface area contributed by atoms with Gasteiger partial charge in [0.25, 0.3) is 0 Å². The summed E-state index contributed by atoms with van der Waals surface area (Å²) < 4.78 is 1.19. The summed E-state index contributed by atoms with van der Waals surface area (Å²) in [7, 11) is 0. The number of hydrogen-bond donors (Lipinski definition) is 1.